The van der Waals surface area contributed by atoms with Crippen LogP contribution in [0.5, 0.6) is 5.75 Å². The van der Waals surface area contributed by atoms with E-state index in [9.17, 15) is 5.11 Å². The average Bonchev–Trinajstić information content (AvgIpc) is 2.37. The minimum atomic E-state index is -0.0816. The van der Waals surface area contributed by atoms with Gasteiger partial charge in [0, 0.05) is 11.1 Å². The van der Waals surface area contributed by atoms with Crippen LogP contribution in [0.4, 0.5) is 0 Å². The monoisotopic (exact) mass is 287 g/mol. The van der Waals surface area contributed by atoms with Crippen LogP contribution in [0.3, 0.4) is 0 Å². The van der Waals surface area contributed by atoms with E-state index in [2.05, 4.69) is 53.7 Å². The molecular weight excluding hydrogens is 256 g/mol. The minimum Gasteiger partial charge on any atom is -0.289 e. The highest BCUT2D eigenvalue weighted by atomic mass is 16.3. The predicted molar refractivity (Wildman–Crippen MR) is 89.8 cm³/mol. The van der Waals surface area contributed by atoms with E-state index in [1.165, 1.54) is 37.7 Å². The van der Waals surface area contributed by atoms with Crippen molar-refractivity contribution in [2.45, 2.75) is 90.4 Å². The molecule has 0 atom stereocenters. The summed E-state index contributed by atoms with van der Waals surface area (Å²) in [6.07, 6.45) is 6.60. The lowest BCUT2D eigenvalue weighted by Gasteiger charge is -2.30. The van der Waals surface area contributed by atoms with E-state index < -0.39 is 0 Å². The Morgan fingerprint density at radius 1 is 0.810 bits per heavy atom. The minimum absolute atomic E-state index is 0.0816. The Hall–Kier alpha value is -0.980. The van der Waals surface area contributed by atoms with Crippen LogP contribution in [0, 0.1) is 0 Å². The highest BCUT2D eigenvalue weighted by molar-refractivity contribution is 5.50. The van der Waals surface area contributed by atoms with E-state index in [4.69, 9.17) is 0 Å². The normalized spacial score (nSPS) is 18.0. The van der Waals surface area contributed by atoms with Gasteiger partial charge in [-0.3, -0.25) is 5.11 Å². The summed E-state index contributed by atoms with van der Waals surface area (Å²) in [6.45, 7) is 12.9. The summed E-state index contributed by atoms with van der Waals surface area (Å²) in [7, 11) is 0. The zero-order valence-corrected chi connectivity index (χ0v) is 14.7. The van der Waals surface area contributed by atoms with Gasteiger partial charge in [0.15, 0.2) is 5.75 Å². The van der Waals surface area contributed by atoms with Gasteiger partial charge in [-0.15, -0.1) is 0 Å². The molecule has 0 unspecified atom stereocenters. The van der Waals surface area contributed by atoms with Crippen molar-refractivity contribution in [3.05, 3.63) is 28.8 Å². The molecule has 1 heteroatoms. The van der Waals surface area contributed by atoms with Gasteiger partial charge in [0.1, 0.15) is 0 Å². The largest absolute Gasteiger partial charge is 0.289 e. The first-order chi connectivity index (χ1) is 9.60. The summed E-state index contributed by atoms with van der Waals surface area (Å²) >= 11 is 0. The van der Waals surface area contributed by atoms with Gasteiger partial charge >= 0.3 is 0 Å². The Balaban J connectivity index is 2.56. The molecule has 0 saturated heterocycles. The summed E-state index contributed by atoms with van der Waals surface area (Å²) in [5, 5.41) is 12.9. The van der Waals surface area contributed by atoms with Crippen molar-refractivity contribution in [3.8, 4) is 5.75 Å². The van der Waals surface area contributed by atoms with Crippen molar-refractivity contribution in [1.29, 1.82) is 0 Å². The Morgan fingerprint density at radius 2 is 1.24 bits per heavy atom. The lowest BCUT2D eigenvalue weighted by Crippen LogP contribution is -2.18. The van der Waals surface area contributed by atoms with Gasteiger partial charge in [-0.2, -0.15) is 0 Å². The molecule has 1 radical (unpaired) electrons. The Labute approximate surface area is 130 Å². The molecule has 0 bridgehead atoms. The molecule has 0 heterocycles. The Bertz CT molecular complexity index is 459. The van der Waals surface area contributed by atoms with E-state index in [-0.39, 0.29) is 16.6 Å². The van der Waals surface area contributed by atoms with Crippen LogP contribution in [0.25, 0.3) is 0 Å². The molecule has 0 aliphatic heterocycles. The van der Waals surface area contributed by atoms with Gasteiger partial charge in [0.2, 0.25) is 0 Å². The molecule has 21 heavy (non-hydrogen) atoms. The van der Waals surface area contributed by atoms with Crippen molar-refractivity contribution in [1.82, 2.24) is 0 Å². The number of benzene rings is 1. The fourth-order valence-electron chi connectivity index (χ4n) is 3.44. The molecule has 0 aromatic heterocycles. The zero-order chi connectivity index (χ0) is 15.8. The second-order valence-corrected chi connectivity index (χ2v) is 8.78. The third-order valence-corrected chi connectivity index (χ3v) is 4.80. The Morgan fingerprint density at radius 3 is 1.62 bits per heavy atom. The number of hydrogen-bond acceptors (Lipinski definition) is 0. The summed E-state index contributed by atoms with van der Waals surface area (Å²) in [5.74, 6) is 0.913. The third-order valence-electron chi connectivity index (χ3n) is 4.80. The third kappa shape index (κ3) is 3.62. The van der Waals surface area contributed by atoms with Crippen LogP contribution < -0.4 is 0 Å². The standard InChI is InChI=1S/C20H31O/c1-19(2,3)16-12-15(14-10-8-7-9-11-14)13-17(18(16)21)20(4,5)6/h12-14H,7-11H2,1-6H3. The molecule has 2 rings (SSSR count). The van der Waals surface area contributed by atoms with Crippen molar-refractivity contribution in [2.24, 2.45) is 0 Å². The lowest BCUT2D eigenvalue weighted by molar-refractivity contribution is 0.326. The van der Waals surface area contributed by atoms with Crippen LogP contribution in [-0.2, 0) is 15.9 Å². The second kappa shape index (κ2) is 5.66. The molecule has 0 spiro atoms. The maximum absolute atomic E-state index is 12.9. The number of hydrogen-bond donors (Lipinski definition) is 0. The van der Waals surface area contributed by atoms with Crippen LogP contribution in [0.15, 0.2) is 12.1 Å². The summed E-state index contributed by atoms with van der Waals surface area (Å²) in [5.41, 5.74) is 3.24. The summed E-state index contributed by atoms with van der Waals surface area (Å²) in [4.78, 5) is 0. The molecule has 117 valence electrons. The number of rotatable bonds is 1. The van der Waals surface area contributed by atoms with Gasteiger partial charge in [-0.25, -0.2) is 0 Å². The van der Waals surface area contributed by atoms with Crippen LogP contribution >= 0.6 is 0 Å². The maximum Gasteiger partial charge on any atom is 0.186 e. The van der Waals surface area contributed by atoms with Crippen molar-refractivity contribution in [2.75, 3.05) is 0 Å². The Kier molecular flexibility index (Phi) is 4.42. The zero-order valence-electron chi connectivity index (χ0n) is 14.7. The van der Waals surface area contributed by atoms with Gasteiger partial charge in [-0.1, -0.05) is 72.9 Å². The summed E-state index contributed by atoms with van der Waals surface area (Å²) in [6, 6.07) is 4.43. The van der Waals surface area contributed by atoms with Crippen LogP contribution in [-0.4, -0.2) is 0 Å². The molecule has 1 aromatic rings. The van der Waals surface area contributed by atoms with Crippen LogP contribution in [0.1, 0.15) is 96.3 Å². The molecule has 1 aliphatic rings. The van der Waals surface area contributed by atoms with E-state index in [1.54, 1.807) is 0 Å². The highest BCUT2D eigenvalue weighted by Gasteiger charge is 2.29. The van der Waals surface area contributed by atoms with Gasteiger partial charge < -0.3 is 0 Å². The lowest BCUT2D eigenvalue weighted by atomic mass is 9.75. The highest BCUT2D eigenvalue weighted by Crippen LogP contribution is 2.43. The van der Waals surface area contributed by atoms with Crippen molar-refractivity contribution in [3.63, 3.8) is 0 Å². The molecular formula is C20H31O. The van der Waals surface area contributed by atoms with E-state index in [0.717, 1.165) is 11.1 Å². The van der Waals surface area contributed by atoms with Gasteiger partial charge in [-0.05, 0) is 35.2 Å². The predicted octanol–water partition coefficient (Wildman–Crippen LogP) is 6.47. The maximum atomic E-state index is 12.9. The average molecular weight is 287 g/mol. The second-order valence-electron chi connectivity index (χ2n) is 8.78. The van der Waals surface area contributed by atoms with Crippen molar-refractivity contribution >= 4 is 0 Å². The van der Waals surface area contributed by atoms with Crippen LogP contribution in [0.2, 0.25) is 0 Å². The first-order valence-electron chi connectivity index (χ1n) is 8.46. The quantitative estimate of drug-likeness (QED) is 0.564. The fraction of sp³-hybridized carbons (Fsp3) is 0.700. The topological polar surface area (TPSA) is 19.9 Å². The molecule has 0 N–H and O–H groups in total. The first-order valence-corrected chi connectivity index (χ1v) is 8.46. The van der Waals surface area contributed by atoms with Gasteiger partial charge in [0.05, 0.1) is 0 Å². The fourth-order valence-corrected chi connectivity index (χ4v) is 3.44. The van der Waals surface area contributed by atoms with E-state index in [0.29, 0.717) is 5.92 Å². The molecule has 1 aromatic carbocycles. The van der Waals surface area contributed by atoms with Gasteiger partial charge in [0.25, 0.3) is 0 Å². The van der Waals surface area contributed by atoms with E-state index >= 15 is 0 Å². The SMILES string of the molecule is CC(C)(C)c1cc(C2CCCCC2)cc(C(C)(C)C)c1[O]. The molecule has 1 aliphatic carbocycles. The molecule has 1 fully saturated rings. The van der Waals surface area contributed by atoms with Crippen molar-refractivity contribution < 1.29 is 5.11 Å². The molecule has 0 amide bonds. The molecule has 1 nitrogen and oxygen atoms in total. The smallest absolute Gasteiger partial charge is 0.186 e. The summed E-state index contributed by atoms with van der Waals surface area (Å²) < 4.78 is 0. The molecule has 1 saturated carbocycles. The first kappa shape index (κ1) is 16.4. The van der Waals surface area contributed by atoms with E-state index in [1.807, 2.05) is 0 Å².